The number of amides is 1. The van der Waals surface area contributed by atoms with E-state index < -0.39 is 0 Å². The van der Waals surface area contributed by atoms with Gasteiger partial charge < -0.3 is 15.0 Å². The van der Waals surface area contributed by atoms with Crippen LogP contribution in [0.15, 0.2) is 79.0 Å². The van der Waals surface area contributed by atoms with E-state index in [9.17, 15) is 4.79 Å². The Morgan fingerprint density at radius 2 is 1.61 bits per heavy atom. The van der Waals surface area contributed by atoms with Crippen LogP contribution in [-0.2, 0) is 17.8 Å². The van der Waals surface area contributed by atoms with Crippen LogP contribution in [-0.4, -0.2) is 40.2 Å². The number of fused-ring (bicyclic) bond motifs is 1. The molecule has 4 aromatic rings. The number of rotatable bonds is 13. The first kappa shape index (κ1) is 27.4. The van der Waals surface area contributed by atoms with Crippen molar-refractivity contribution in [2.24, 2.45) is 11.8 Å². The van der Waals surface area contributed by atoms with Crippen LogP contribution in [0, 0.1) is 11.8 Å². The Morgan fingerprint density at radius 3 is 2.29 bits per heavy atom. The number of para-hydroxylation sites is 1. The van der Waals surface area contributed by atoms with Crippen LogP contribution in [0.2, 0.25) is 0 Å². The number of aromatic nitrogens is 2. The summed E-state index contributed by atoms with van der Waals surface area (Å²) in [6, 6.07) is 23.3. The Hall–Kier alpha value is -3.64. The summed E-state index contributed by atoms with van der Waals surface area (Å²) in [6.45, 7) is 13.3. The van der Waals surface area contributed by atoms with Crippen LogP contribution in [0.4, 0.5) is 5.69 Å². The number of hydrogen-bond donors (Lipinski definition) is 1. The molecule has 0 atom stereocenters. The number of carbonyl (C=O) groups excluding carboxylic acids is 1. The van der Waals surface area contributed by atoms with Crippen molar-refractivity contribution in [3.63, 3.8) is 0 Å². The van der Waals surface area contributed by atoms with Crippen LogP contribution in [0.25, 0.3) is 10.9 Å². The van der Waals surface area contributed by atoms with Crippen LogP contribution in [0.3, 0.4) is 0 Å². The summed E-state index contributed by atoms with van der Waals surface area (Å²) in [4.78, 5) is 15.3. The SMILES string of the molecule is CC(C)CN(CCCn1ncc2ccc(NC(=O)Cc3ccc(Oc4ccccc4)cc3)cc21)CC(C)C. The highest BCUT2D eigenvalue weighted by atomic mass is 16.5. The molecule has 0 aliphatic heterocycles. The lowest BCUT2D eigenvalue weighted by Gasteiger charge is -2.26. The normalized spacial score (nSPS) is 11.6. The van der Waals surface area contributed by atoms with Crippen molar-refractivity contribution in [1.29, 1.82) is 0 Å². The van der Waals surface area contributed by atoms with E-state index in [2.05, 4.69) is 47.7 Å². The van der Waals surface area contributed by atoms with Gasteiger partial charge in [-0.2, -0.15) is 5.10 Å². The molecule has 1 aromatic heterocycles. The van der Waals surface area contributed by atoms with Gasteiger partial charge in [-0.05, 0) is 72.8 Å². The second kappa shape index (κ2) is 13.2. The molecule has 0 radical (unpaired) electrons. The topological polar surface area (TPSA) is 59.4 Å². The third-order valence-electron chi connectivity index (χ3n) is 6.29. The third-order valence-corrected chi connectivity index (χ3v) is 6.29. The highest BCUT2D eigenvalue weighted by molar-refractivity contribution is 5.94. The highest BCUT2D eigenvalue weighted by Gasteiger charge is 2.11. The standard InChI is InChI=1S/C32H40N4O2/c1-24(2)22-35(23-25(3)4)17-8-18-36-31-20-28(14-13-27(31)21-33-36)34-32(37)19-26-11-15-30(16-12-26)38-29-9-6-5-7-10-29/h5-7,9-16,20-21,24-25H,8,17-19,22-23H2,1-4H3,(H,34,37). The average molecular weight is 513 g/mol. The summed E-state index contributed by atoms with van der Waals surface area (Å²) in [5.74, 6) is 2.80. The molecule has 1 amide bonds. The van der Waals surface area contributed by atoms with E-state index in [1.165, 1.54) is 0 Å². The van der Waals surface area contributed by atoms with Crippen molar-refractivity contribution in [3.8, 4) is 11.5 Å². The van der Waals surface area contributed by atoms with Gasteiger partial charge in [-0.1, -0.05) is 58.0 Å². The quantitative estimate of drug-likeness (QED) is 0.209. The number of hydrogen-bond acceptors (Lipinski definition) is 4. The van der Waals surface area contributed by atoms with Crippen LogP contribution in [0.5, 0.6) is 11.5 Å². The molecule has 6 nitrogen and oxygen atoms in total. The molecule has 0 bridgehead atoms. The molecule has 200 valence electrons. The minimum atomic E-state index is -0.0508. The monoisotopic (exact) mass is 512 g/mol. The molecule has 0 saturated carbocycles. The number of carbonyl (C=O) groups is 1. The molecular formula is C32H40N4O2. The molecule has 0 unspecified atom stereocenters. The lowest BCUT2D eigenvalue weighted by Crippen LogP contribution is -2.32. The zero-order valence-electron chi connectivity index (χ0n) is 23.1. The van der Waals surface area contributed by atoms with Crippen LogP contribution < -0.4 is 10.1 Å². The van der Waals surface area contributed by atoms with Gasteiger partial charge in [0.2, 0.25) is 5.91 Å². The largest absolute Gasteiger partial charge is 0.457 e. The fourth-order valence-corrected chi connectivity index (χ4v) is 4.75. The Labute approximate surface area is 226 Å². The van der Waals surface area contributed by atoms with E-state index in [4.69, 9.17) is 4.74 Å². The van der Waals surface area contributed by atoms with E-state index in [1.54, 1.807) is 0 Å². The molecule has 0 aliphatic carbocycles. The van der Waals surface area contributed by atoms with E-state index >= 15 is 0 Å². The average Bonchev–Trinajstić information content (AvgIpc) is 3.27. The minimum Gasteiger partial charge on any atom is -0.457 e. The number of aryl methyl sites for hydroxylation is 1. The zero-order chi connectivity index (χ0) is 26.9. The lowest BCUT2D eigenvalue weighted by atomic mass is 10.1. The molecule has 3 aromatic carbocycles. The smallest absolute Gasteiger partial charge is 0.228 e. The maximum absolute atomic E-state index is 12.8. The Balaban J connectivity index is 1.32. The predicted molar refractivity (Wildman–Crippen MR) is 156 cm³/mol. The number of ether oxygens (including phenoxy) is 1. The molecule has 4 rings (SSSR count). The van der Waals surface area contributed by atoms with E-state index in [0.717, 1.165) is 66.3 Å². The predicted octanol–water partition coefficient (Wildman–Crippen LogP) is 7.01. The second-order valence-electron chi connectivity index (χ2n) is 10.8. The molecule has 1 heterocycles. The summed E-state index contributed by atoms with van der Waals surface area (Å²) < 4.78 is 7.90. The molecule has 0 aliphatic rings. The highest BCUT2D eigenvalue weighted by Crippen LogP contribution is 2.22. The van der Waals surface area contributed by atoms with Crippen molar-refractivity contribution in [2.75, 3.05) is 25.0 Å². The van der Waals surface area contributed by atoms with Gasteiger partial charge in [-0.3, -0.25) is 9.48 Å². The van der Waals surface area contributed by atoms with Gasteiger partial charge in [0.05, 0.1) is 18.1 Å². The molecule has 38 heavy (non-hydrogen) atoms. The maximum atomic E-state index is 12.8. The van der Waals surface area contributed by atoms with Crippen molar-refractivity contribution >= 4 is 22.5 Å². The number of nitrogens with zero attached hydrogens (tertiary/aromatic N) is 3. The van der Waals surface area contributed by atoms with Crippen molar-refractivity contribution in [2.45, 2.75) is 47.1 Å². The van der Waals surface area contributed by atoms with E-state index in [-0.39, 0.29) is 5.91 Å². The molecule has 0 spiro atoms. The van der Waals surface area contributed by atoms with Crippen molar-refractivity contribution in [1.82, 2.24) is 14.7 Å². The van der Waals surface area contributed by atoms with Gasteiger partial charge in [0.25, 0.3) is 0 Å². The van der Waals surface area contributed by atoms with Gasteiger partial charge in [-0.15, -0.1) is 0 Å². The minimum absolute atomic E-state index is 0.0508. The Kier molecular flexibility index (Phi) is 9.55. The first-order valence-electron chi connectivity index (χ1n) is 13.7. The number of benzene rings is 3. The van der Waals surface area contributed by atoms with Gasteiger partial charge in [0.15, 0.2) is 0 Å². The van der Waals surface area contributed by atoms with Crippen LogP contribution in [0.1, 0.15) is 39.7 Å². The molecule has 1 N–H and O–H groups in total. The molecular weight excluding hydrogens is 472 g/mol. The fraction of sp³-hybridized carbons (Fsp3) is 0.375. The summed E-state index contributed by atoms with van der Waals surface area (Å²) in [6.07, 6.45) is 3.24. The molecule has 0 saturated heterocycles. The number of nitrogens with one attached hydrogen (secondary N) is 1. The molecule has 6 heteroatoms. The molecule has 0 fully saturated rings. The first-order valence-corrected chi connectivity index (χ1v) is 13.7. The van der Waals surface area contributed by atoms with Gasteiger partial charge in [0, 0.05) is 30.7 Å². The summed E-state index contributed by atoms with van der Waals surface area (Å²) in [5, 5.41) is 8.75. The Bertz CT molecular complexity index is 1290. The summed E-state index contributed by atoms with van der Waals surface area (Å²) in [5.41, 5.74) is 2.76. The van der Waals surface area contributed by atoms with E-state index in [1.807, 2.05) is 79.0 Å². The lowest BCUT2D eigenvalue weighted by molar-refractivity contribution is -0.115. The maximum Gasteiger partial charge on any atom is 0.228 e. The second-order valence-corrected chi connectivity index (χ2v) is 10.8. The van der Waals surface area contributed by atoms with Crippen molar-refractivity contribution in [3.05, 3.63) is 84.6 Å². The van der Waals surface area contributed by atoms with Gasteiger partial charge >= 0.3 is 0 Å². The summed E-state index contributed by atoms with van der Waals surface area (Å²) >= 11 is 0. The summed E-state index contributed by atoms with van der Waals surface area (Å²) in [7, 11) is 0. The van der Waals surface area contributed by atoms with Crippen molar-refractivity contribution < 1.29 is 9.53 Å². The Morgan fingerprint density at radius 1 is 0.921 bits per heavy atom. The zero-order valence-corrected chi connectivity index (χ0v) is 23.1. The van der Waals surface area contributed by atoms with Gasteiger partial charge in [0.1, 0.15) is 11.5 Å². The number of anilines is 1. The van der Waals surface area contributed by atoms with Gasteiger partial charge in [-0.25, -0.2) is 0 Å². The third kappa shape index (κ3) is 8.18. The first-order chi connectivity index (χ1) is 18.4. The fourth-order valence-electron chi connectivity index (χ4n) is 4.75. The van der Waals surface area contributed by atoms with E-state index in [0.29, 0.717) is 18.3 Å². The van der Waals surface area contributed by atoms with Crippen LogP contribution >= 0.6 is 0 Å².